The molecule has 1 aliphatic carbocycles. The highest BCUT2D eigenvalue weighted by molar-refractivity contribution is 7.99. The first-order valence-corrected chi connectivity index (χ1v) is 7.21. The van der Waals surface area contributed by atoms with Crippen molar-refractivity contribution < 1.29 is 0 Å². The van der Waals surface area contributed by atoms with E-state index in [4.69, 9.17) is 5.73 Å². The number of nitrogens with zero attached hydrogens (tertiary/aromatic N) is 2. The summed E-state index contributed by atoms with van der Waals surface area (Å²) < 4.78 is 0. The van der Waals surface area contributed by atoms with Gasteiger partial charge >= 0.3 is 0 Å². The molecular weight excluding hydrogens is 232 g/mol. The van der Waals surface area contributed by atoms with E-state index in [1.807, 2.05) is 6.92 Å². The summed E-state index contributed by atoms with van der Waals surface area (Å²) in [6.45, 7) is 4.23. The second-order valence-corrected chi connectivity index (χ2v) is 6.07. The maximum atomic E-state index is 5.61. The van der Waals surface area contributed by atoms with Crippen LogP contribution in [-0.4, -0.2) is 27.0 Å². The number of nitrogens with one attached hydrogen (secondary N) is 1. The molecule has 1 aromatic rings. The van der Waals surface area contributed by atoms with Crippen molar-refractivity contribution in [2.75, 3.05) is 16.8 Å². The molecule has 3 N–H and O–H groups in total. The second-order valence-electron chi connectivity index (χ2n) is 4.49. The first-order chi connectivity index (χ1) is 8.19. The van der Waals surface area contributed by atoms with Crippen molar-refractivity contribution in [3.8, 4) is 0 Å². The lowest BCUT2D eigenvalue weighted by atomic mass is 10.2. The molecular formula is C12H20N4S. The molecule has 0 spiro atoms. The first-order valence-electron chi connectivity index (χ1n) is 6.16. The van der Waals surface area contributed by atoms with Gasteiger partial charge in [-0.15, -0.1) is 0 Å². The van der Waals surface area contributed by atoms with E-state index in [0.29, 0.717) is 12.0 Å². The smallest absolute Gasteiger partial charge is 0.221 e. The van der Waals surface area contributed by atoms with Gasteiger partial charge in [0.05, 0.1) is 0 Å². The molecule has 0 saturated heterocycles. The number of nitrogen functional groups attached to an aromatic ring is 1. The van der Waals surface area contributed by atoms with Gasteiger partial charge in [0.15, 0.2) is 0 Å². The Bertz CT molecular complexity index is 383. The number of thioether (sulfide) groups is 1. The summed E-state index contributed by atoms with van der Waals surface area (Å²) in [7, 11) is 0. The number of nitrogens with two attached hydrogens (primary N) is 1. The van der Waals surface area contributed by atoms with Crippen LogP contribution in [0.5, 0.6) is 0 Å². The van der Waals surface area contributed by atoms with E-state index in [1.165, 1.54) is 25.0 Å². The van der Waals surface area contributed by atoms with Crippen LogP contribution in [0, 0.1) is 6.92 Å². The van der Waals surface area contributed by atoms with Crippen molar-refractivity contribution in [2.45, 2.75) is 44.4 Å². The number of anilines is 2. The normalized spacial score (nSPS) is 23.9. The van der Waals surface area contributed by atoms with Crippen LogP contribution in [0.2, 0.25) is 0 Å². The average Bonchev–Trinajstić information content (AvgIpc) is 2.72. The van der Waals surface area contributed by atoms with Crippen molar-refractivity contribution in [3.05, 3.63) is 11.8 Å². The van der Waals surface area contributed by atoms with Crippen LogP contribution in [-0.2, 0) is 0 Å². The Kier molecular flexibility index (Phi) is 4.10. The van der Waals surface area contributed by atoms with Crippen LogP contribution in [0.15, 0.2) is 6.20 Å². The predicted octanol–water partition coefficient (Wildman–Crippen LogP) is 2.45. The van der Waals surface area contributed by atoms with Crippen LogP contribution in [0.3, 0.4) is 0 Å². The van der Waals surface area contributed by atoms with Gasteiger partial charge in [0.2, 0.25) is 5.95 Å². The van der Waals surface area contributed by atoms with Gasteiger partial charge in [-0.2, -0.15) is 16.7 Å². The van der Waals surface area contributed by atoms with Crippen molar-refractivity contribution >= 4 is 23.5 Å². The maximum Gasteiger partial charge on any atom is 0.221 e. The molecule has 2 unspecified atom stereocenters. The van der Waals surface area contributed by atoms with Gasteiger partial charge in [-0.1, -0.05) is 6.92 Å². The fraction of sp³-hybridized carbons (Fsp3) is 0.667. The summed E-state index contributed by atoms with van der Waals surface area (Å²) in [4.78, 5) is 8.24. The van der Waals surface area contributed by atoms with Crippen LogP contribution < -0.4 is 11.1 Å². The van der Waals surface area contributed by atoms with E-state index in [9.17, 15) is 0 Å². The molecule has 0 bridgehead atoms. The molecule has 1 aromatic heterocycles. The summed E-state index contributed by atoms with van der Waals surface area (Å²) in [6.07, 6.45) is 5.52. The fourth-order valence-corrected chi connectivity index (χ4v) is 3.40. The monoisotopic (exact) mass is 252 g/mol. The Labute approximate surface area is 107 Å². The van der Waals surface area contributed by atoms with E-state index >= 15 is 0 Å². The van der Waals surface area contributed by atoms with Crippen LogP contribution in [0.1, 0.15) is 31.7 Å². The zero-order chi connectivity index (χ0) is 12.3. The summed E-state index contributed by atoms with van der Waals surface area (Å²) in [5.74, 6) is 2.44. The Morgan fingerprint density at radius 2 is 2.35 bits per heavy atom. The number of aromatic nitrogens is 2. The number of aryl methyl sites for hydroxylation is 1. The van der Waals surface area contributed by atoms with Crippen LogP contribution in [0.4, 0.5) is 11.8 Å². The Morgan fingerprint density at radius 3 is 3.12 bits per heavy atom. The summed E-state index contributed by atoms with van der Waals surface area (Å²) >= 11 is 2.06. The molecule has 2 rings (SSSR count). The standard InChI is InChI=1S/C12H20N4S/c1-3-17-10-5-4-9(6-10)15-11-8(2)7-14-12(13)16-11/h7,9-10H,3-6H2,1-2H3,(H3,13,14,15,16). The second kappa shape index (κ2) is 5.58. The topological polar surface area (TPSA) is 63.8 Å². The molecule has 1 aliphatic rings. The minimum Gasteiger partial charge on any atom is -0.368 e. The fourth-order valence-electron chi connectivity index (χ4n) is 2.25. The molecule has 17 heavy (non-hydrogen) atoms. The van der Waals surface area contributed by atoms with Gasteiger partial charge in [0, 0.05) is 23.1 Å². The molecule has 1 saturated carbocycles. The van der Waals surface area contributed by atoms with E-state index in [0.717, 1.165) is 16.6 Å². The maximum absolute atomic E-state index is 5.61. The molecule has 0 aliphatic heterocycles. The van der Waals surface area contributed by atoms with Crippen molar-refractivity contribution in [2.24, 2.45) is 0 Å². The lowest BCUT2D eigenvalue weighted by Crippen LogP contribution is -2.18. The lowest BCUT2D eigenvalue weighted by molar-refractivity contribution is 0.750. The van der Waals surface area contributed by atoms with E-state index < -0.39 is 0 Å². The quantitative estimate of drug-likeness (QED) is 0.861. The van der Waals surface area contributed by atoms with Crippen molar-refractivity contribution in [1.82, 2.24) is 9.97 Å². The van der Waals surface area contributed by atoms with Gasteiger partial charge in [-0.25, -0.2) is 4.98 Å². The highest BCUT2D eigenvalue weighted by Gasteiger charge is 2.24. The van der Waals surface area contributed by atoms with Gasteiger partial charge in [-0.3, -0.25) is 0 Å². The van der Waals surface area contributed by atoms with Gasteiger partial charge in [0.25, 0.3) is 0 Å². The third kappa shape index (κ3) is 3.25. The first kappa shape index (κ1) is 12.5. The zero-order valence-corrected chi connectivity index (χ0v) is 11.3. The Hall–Kier alpha value is -0.970. The summed E-state index contributed by atoms with van der Waals surface area (Å²) in [6, 6.07) is 0.534. The van der Waals surface area contributed by atoms with Gasteiger partial charge in [0.1, 0.15) is 5.82 Å². The highest BCUT2D eigenvalue weighted by Crippen LogP contribution is 2.31. The Morgan fingerprint density at radius 1 is 1.53 bits per heavy atom. The SMILES string of the molecule is CCSC1CCC(Nc2nc(N)ncc2C)C1. The molecule has 0 amide bonds. The summed E-state index contributed by atoms with van der Waals surface area (Å²) in [5, 5.41) is 4.30. The van der Waals surface area contributed by atoms with Crippen molar-refractivity contribution in [1.29, 1.82) is 0 Å². The Balaban J connectivity index is 1.95. The highest BCUT2D eigenvalue weighted by atomic mass is 32.2. The molecule has 5 heteroatoms. The molecule has 2 atom stereocenters. The predicted molar refractivity (Wildman–Crippen MR) is 74.4 cm³/mol. The number of hydrogen-bond donors (Lipinski definition) is 2. The van der Waals surface area contributed by atoms with E-state index in [1.54, 1.807) is 6.20 Å². The van der Waals surface area contributed by atoms with Gasteiger partial charge < -0.3 is 11.1 Å². The number of hydrogen-bond acceptors (Lipinski definition) is 5. The van der Waals surface area contributed by atoms with Gasteiger partial charge in [-0.05, 0) is 31.9 Å². The number of rotatable bonds is 4. The average molecular weight is 252 g/mol. The largest absolute Gasteiger partial charge is 0.368 e. The van der Waals surface area contributed by atoms with Crippen molar-refractivity contribution in [3.63, 3.8) is 0 Å². The van der Waals surface area contributed by atoms with Crippen LogP contribution >= 0.6 is 11.8 Å². The third-order valence-corrected chi connectivity index (χ3v) is 4.35. The third-order valence-electron chi connectivity index (χ3n) is 3.12. The molecule has 4 nitrogen and oxygen atoms in total. The molecule has 94 valence electrons. The molecule has 0 aromatic carbocycles. The lowest BCUT2D eigenvalue weighted by Gasteiger charge is -2.15. The van der Waals surface area contributed by atoms with E-state index in [2.05, 4.69) is 34.0 Å². The van der Waals surface area contributed by atoms with Crippen LogP contribution in [0.25, 0.3) is 0 Å². The zero-order valence-electron chi connectivity index (χ0n) is 10.4. The molecule has 1 fully saturated rings. The minimum atomic E-state index is 0.343. The molecule has 1 heterocycles. The summed E-state index contributed by atoms with van der Waals surface area (Å²) in [5.41, 5.74) is 6.67. The molecule has 0 radical (unpaired) electrons. The minimum absolute atomic E-state index is 0.343. The van der Waals surface area contributed by atoms with E-state index in [-0.39, 0.29) is 0 Å².